The van der Waals surface area contributed by atoms with Crippen LogP contribution < -0.4 is 0 Å². The van der Waals surface area contributed by atoms with Gasteiger partial charge in [0.25, 0.3) is 0 Å². The van der Waals surface area contributed by atoms with E-state index in [0.717, 1.165) is 16.7 Å². The predicted octanol–water partition coefficient (Wildman–Crippen LogP) is 3.09. The number of aryl methyl sites for hydroxylation is 1. The minimum Gasteiger partial charge on any atom is -0.478 e. The number of carbonyl (C=O) groups is 1. The molecule has 0 saturated carbocycles. The van der Waals surface area contributed by atoms with E-state index in [4.69, 9.17) is 5.11 Å². The van der Waals surface area contributed by atoms with Crippen LogP contribution in [0.4, 0.5) is 0 Å². The summed E-state index contributed by atoms with van der Waals surface area (Å²) in [6, 6.07) is 14.8. The number of hydrogen-bond donors (Lipinski definition) is 1. The molecule has 0 amide bonds. The summed E-state index contributed by atoms with van der Waals surface area (Å²) in [5, 5.41) is 8.93. The first-order chi connectivity index (χ1) is 8.66. The van der Waals surface area contributed by atoms with Gasteiger partial charge >= 0.3 is 5.97 Å². The standard InChI is InChI=1S/C16H12O2/c1-12-11-14(9-10-15(12)16(17)18)8-7-13-5-3-2-4-6-13/h2-6,9-11H,1H3,(H,17,18). The number of carboxylic acids is 1. The zero-order valence-electron chi connectivity index (χ0n) is 9.97. The van der Waals surface area contributed by atoms with E-state index in [1.807, 2.05) is 30.3 Å². The molecule has 0 aliphatic carbocycles. The van der Waals surface area contributed by atoms with Gasteiger partial charge < -0.3 is 5.11 Å². The average molecular weight is 236 g/mol. The lowest BCUT2D eigenvalue weighted by Gasteiger charge is -2.00. The van der Waals surface area contributed by atoms with Gasteiger partial charge in [0.1, 0.15) is 0 Å². The molecule has 0 bridgehead atoms. The average Bonchev–Trinajstić information content (AvgIpc) is 2.37. The van der Waals surface area contributed by atoms with Crippen molar-refractivity contribution in [2.75, 3.05) is 0 Å². The van der Waals surface area contributed by atoms with Crippen molar-refractivity contribution in [1.82, 2.24) is 0 Å². The Morgan fingerprint density at radius 1 is 1.00 bits per heavy atom. The number of rotatable bonds is 1. The van der Waals surface area contributed by atoms with E-state index in [1.54, 1.807) is 25.1 Å². The molecule has 0 spiro atoms. The minimum absolute atomic E-state index is 0.320. The highest BCUT2D eigenvalue weighted by Crippen LogP contribution is 2.10. The molecule has 0 fully saturated rings. The van der Waals surface area contributed by atoms with Crippen LogP contribution in [0.15, 0.2) is 48.5 Å². The SMILES string of the molecule is Cc1cc(C#Cc2ccccc2)ccc1C(=O)O. The molecule has 2 aromatic rings. The van der Waals surface area contributed by atoms with Gasteiger partial charge in [0.15, 0.2) is 0 Å². The van der Waals surface area contributed by atoms with Crippen molar-refractivity contribution >= 4 is 5.97 Å². The Labute approximate surface area is 106 Å². The van der Waals surface area contributed by atoms with Crippen molar-refractivity contribution in [3.63, 3.8) is 0 Å². The second-order valence-corrected chi connectivity index (χ2v) is 3.95. The molecule has 0 radical (unpaired) electrons. The van der Waals surface area contributed by atoms with Gasteiger partial charge in [-0.25, -0.2) is 4.79 Å². The summed E-state index contributed by atoms with van der Waals surface area (Å²) in [6.07, 6.45) is 0. The van der Waals surface area contributed by atoms with Crippen molar-refractivity contribution < 1.29 is 9.90 Å². The first-order valence-corrected chi connectivity index (χ1v) is 5.58. The van der Waals surface area contributed by atoms with Gasteiger partial charge in [-0.15, -0.1) is 0 Å². The second-order valence-electron chi connectivity index (χ2n) is 3.95. The smallest absolute Gasteiger partial charge is 0.335 e. The highest BCUT2D eigenvalue weighted by Gasteiger charge is 2.05. The Morgan fingerprint density at radius 2 is 1.67 bits per heavy atom. The van der Waals surface area contributed by atoms with Crippen molar-refractivity contribution in [2.45, 2.75) is 6.92 Å². The molecule has 0 heterocycles. The van der Waals surface area contributed by atoms with Gasteiger partial charge in [-0.2, -0.15) is 0 Å². The van der Waals surface area contributed by atoms with Crippen LogP contribution >= 0.6 is 0 Å². The largest absolute Gasteiger partial charge is 0.478 e. The number of hydrogen-bond acceptors (Lipinski definition) is 1. The number of carboxylic acid groups (broad SMARTS) is 1. The normalized spacial score (nSPS) is 9.39. The molecular weight excluding hydrogens is 224 g/mol. The fraction of sp³-hybridized carbons (Fsp3) is 0.0625. The summed E-state index contributed by atoms with van der Waals surface area (Å²) in [6.45, 7) is 1.77. The molecule has 0 aliphatic heterocycles. The molecule has 2 heteroatoms. The lowest BCUT2D eigenvalue weighted by molar-refractivity contribution is 0.0696. The van der Waals surface area contributed by atoms with E-state index in [1.165, 1.54) is 0 Å². The number of benzene rings is 2. The Bertz CT molecular complexity index is 631. The van der Waals surface area contributed by atoms with Gasteiger partial charge in [-0.1, -0.05) is 30.0 Å². The van der Waals surface area contributed by atoms with Crippen molar-refractivity contribution in [3.8, 4) is 11.8 Å². The lowest BCUT2D eigenvalue weighted by atomic mass is 10.1. The van der Waals surface area contributed by atoms with Gasteiger partial charge in [-0.05, 0) is 42.8 Å². The van der Waals surface area contributed by atoms with Gasteiger partial charge in [0, 0.05) is 11.1 Å². The van der Waals surface area contributed by atoms with Crippen LogP contribution in [0.25, 0.3) is 0 Å². The Hall–Kier alpha value is -2.53. The van der Waals surface area contributed by atoms with Crippen LogP contribution in [-0.2, 0) is 0 Å². The van der Waals surface area contributed by atoms with E-state index in [0.29, 0.717) is 5.56 Å². The third kappa shape index (κ3) is 2.78. The van der Waals surface area contributed by atoms with Crippen LogP contribution in [0, 0.1) is 18.8 Å². The maximum absolute atomic E-state index is 10.9. The summed E-state index contributed by atoms with van der Waals surface area (Å²) in [7, 11) is 0. The monoisotopic (exact) mass is 236 g/mol. The maximum Gasteiger partial charge on any atom is 0.335 e. The molecule has 1 N–H and O–H groups in total. The first kappa shape index (κ1) is 11.9. The molecule has 0 unspecified atom stereocenters. The highest BCUT2D eigenvalue weighted by atomic mass is 16.4. The van der Waals surface area contributed by atoms with E-state index in [9.17, 15) is 4.79 Å². The molecule has 2 rings (SSSR count). The Morgan fingerprint density at radius 3 is 2.28 bits per heavy atom. The molecule has 0 aliphatic rings. The Balaban J connectivity index is 2.29. The molecular formula is C16H12O2. The molecule has 18 heavy (non-hydrogen) atoms. The van der Waals surface area contributed by atoms with Crippen LogP contribution in [-0.4, -0.2) is 11.1 Å². The minimum atomic E-state index is -0.907. The third-order valence-electron chi connectivity index (χ3n) is 2.58. The molecule has 0 aromatic heterocycles. The zero-order valence-corrected chi connectivity index (χ0v) is 9.97. The summed E-state index contributed by atoms with van der Waals surface area (Å²) < 4.78 is 0. The van der Waals surface area contributed by atoms with E-state index < -0.39 is 5.97 Å². The quantitative estimate of drug-likeness (QED) is 0.772. The second kappa shape index (κ2) is 5.20. The van der Waals surface area contributed by atoms with E-state index in [2.05, 4.69) is 11.8 Å². The van der Waals surface area contributed by atoms with Crippen molar-refractivity contribution in [3.05, 3.63) is 70.8 Å². The zero-order chi connectivity index (χ0) is 13.0. The fourth-order valence-electron chi connectivity index (χ4n) is 1.65. The fourth-order valence-corrected chi connectivity index (χ4v) is 1.65. The van der Waals surface area contributed by atoms with E-state index >= 15 is 0 Å². The van der Waals surface area contributed by atoms with Gasteiger partial charge in [-0.3, -0.25) is 0 Å². The van der Waals surface area contributed by atoms with Crippen LogP contribution in [0.2, 0.25) is 0 Å². The summed E-state index contributed by atoms with van der Waals surface area (Å²) in [5.74, 6) is 5.16. The van der Waals surface area contributed by atoms with Crippen LogP contribution in [0.1, 0.15) is 27.0 Å². The summed E-state index contributed by atoms with van der Waals surface area (Å²) in [4.78, 5) is 10.9. The lowest BCUT2D eigenvalue weighted by Crippen LogP contribution is -1.99. The van der Waals surface area contributed by atoms with E-state index in [-0.39, 0.29) is 0 Å². The molecule has 0 atom stereocenters. The third-order valence-corrected chi connectivity index (χ3v) is 2.58. The molecule has 88 valence electrons. The van der Waals surface area contributed by atoms with Crippen LogP contribution in [0.3, 0.4) is 0 Å². The predicted molar refractivity (Wildman–Crippen MR) is 70.6 cm³/mol. The molecule has 0 saturated heterocycles. The van der Waals surface area contributed by atoms with Crippen LogP contribution in [0.5, 0.6) is 0 Å². The molecule has 2 nitrogen and oxygen atoms in total. The topological polar surface area (TPSA) is 37.3 Å². The summed E-state index contributed by atoms with van der Waals surface area (Å²) >= 11 is 0. The number of aromatic carboxylic acids is 1. The van der Waals surface area contributed by atoms with Crippen molar-refractivity contribution in [1.29, 1.82) is 0 Å². The van der Waals surface area contributed by atoms with Gasteiger partial charge in [0.05, 0.1) is 5.56 Å². The highest BCUT2D eigenvalue weighted by molar-refractivity contribution is 5.89. The summed E-state index contributed by atoms with van der Waals surface area (Å²) in [5.41, 5.74) is 2.81. The van der Waals surface area contributed by atoms with Crippen molar-refractivity contribution in [2.24, 2.45) is 0 Å². The first-order valence-electron chi connectivity index (χ1n) is 5.58. The maximum atomic E-state index is 10.9. The van der Waals surface area contributed by atoms with Gasteiger partial charge in [0.2, 0.25) is 0 Å². The molecule has 2 aromatic carbocycles. The Kier molecular flexibility index (Phi) is 3.45.